The Labute approximate surface area is 543 Å². The molecular weight excluding hydrogens is 1140 g/mol. The lowest BCUT2D eigenvalue weighted by molar-refractivity contribution is -0.137. The molecule has 0 aliphatic carbocycles. The van der Waals surface area contributed by atoms with E-state index in [9.17, 15) is 29.4 Å². The van der Waals surface area contributed by atoms with Crippen molar-refractivity contribution in [1.29, 1.82) is 0 Å². The summed E-state index contributed by atoms with van der Waals surface area (Å²) in [6, 6.07) is 43.9. The first-order valence-electron chi connectivity index (χ1n) is 35.2. The zero-order valence-corrected chi connectivity index (χ0v) is 55.2. The average Bonchev–Trinajstić information content (AvgIpc) is 0.998. The Bertz CT molecular complexity index is 4290. The number of amides is 2. The number of hydrogen-bond acceptors (Lipinski definition) is 4. The summed E-state index contributed by atoms with van der Waals surface area (Å²) >= 11 is 0. The van der Waals surface area contributed by atoms with Gasteiger partial charge in [-0.05, 0) is 200 Å². The summed E-state index contributed by atoms with van der Waals surface area (Å²) in [6.45, 7) is 11.1. The summed E-state index contributed by atoms with van der Waals surface area (Å²) in [4.78, 5) is 56.0. The molecule has 0 saturated carbocycles. The van der Waals surface area contributed by atoms with Crippen LogP contribution in [0.15, 0.2) is 121 Å². The highest BCUT2D eigenvalue weighted by molar-refractivity contribution is 6.35. The van der Waals surface area contributed by atoms with E-state index >= 15 is 0 Å². The zero-order chi connectivity index (χ0) is 64.1. The summed E-state index contributed by atoms with van der Waals surface area (Å²) in [5.41, 5.74) is 12.1. The minimum Gasteiger partial charge on any atom is -0.481 e. The first-order chi connectivity index (χ1) is 45.0. The van der Waals surface area contributed by atoms with Crippen LogP contribution in [0, 0.1) is 0 Å². The third-order valence-corrected chi connectivity index (χ3v) is 19.7. The van der Waals surface area contributed by atoms with Gasteiger partial charge in [-0.1, -0.05) is 178 Å². The summed E-state index contributed by atoms with van der Waals surface area (Å²) in [7, 11) is 0. The summed E-state index contributed by atoms with van der Waals surface area (Å²) < 4.78 is 4.81. The molecule has 2 amide bonds. The summed E-state index contributed by atoms with van der Waals surface area (Å²) in [5.74, 6) is -2.70. The van der Waals surface area contributed by atoms with Crippen LogP contribution in [-0.4, -0.2) is 56.2 Å². The SMILES string of the molecule is CCCCCCc1ccc2c(c1)c1cc(CCCCCC)ccc1n2CCCNC(=O)Cc1c(CC(=O)O)c2c(CC(=O)O)ccc3c4cccc5cccc(c(c1CC(=O)NCCCn1c6ccc(CCCCCC)cc6c6cc(CCCCCC)ccc61)c23)c54. The maximum Gasteiger partial charge on any atom is 0.307 e. The first-order valence-corrected chi connectivity index (χ1v) is 35.2. The van der Waals surface area contributed by atoms with Crippen LogP contribution < -0.4 is 10.6 Å². The van der Waals surface area contributed by atoms with Crippen LogP contribution in [0.25, 0.3) is 86.7 Å². The second-order valence-electron chi connectivity index (χ2n) is 26.4. The van der Waals surface area contributed by atoms with Gasteiger partial charge in [0.1, 0.15) is 0 Å². The van der Waals surface area contributed by atoms with Crippen molar-refractivity contribution in [3.05, 3.63) is 166 Å². The predicted octanol–water partition coefficient (Wildman–Crippen LogP) is 19.2. The van der Waals surface area contributed by atoms with Gasteiger partial charge in [-0.3, -0.25) is 19.2 Å². The van der Waals surface area contributed by atoms with Crippen molar-refractivity contribution < 1.29 is 29.4 Å². The van der Waals surface area contributed by atoms with Gasteiger partial charge >= 0.3 is 11.9 Å². The Hall–Kier alpha value is -8.24. The van der Waals surface area contributed by atoms with Gasteiger partial charge in [0.05, 0.1) is 25.7 Å². The number of carboxylic acid groups (broad SMARTS) is 2. The third-order valence-electron chi connectivity index (χ3n) is 19.7. The molecule has 0 bridgehead atoms. The number of aliphatic carboxylic acids is 2. The van der Waals surface area contributed by atoms with Crippen molar-refractivity contribution in [2.24, 2.45) is 0 Å². The number of aryl methyl sites for hydroxylation is 6. The number of unbranched alkanes of at least 4 members (excludes halogenated alkanes) is 12. The standard InChI is InChI=1S/C82H96N4O6/c1-5-9-13-17-25-55-33-39-71-65(47-55)66-48-56(26-18-14-10-6-2)34-40-72(66)85(71)45-23-43-83-75(87)52-64-69(81-63-32-22-30-59-29-21-31-61(79(59)63)62-38-37-60(51-77(89)90)80(82(62)81)70(64)54-78(91)92)53-76(88)84-44-24-46-86-73-41-35-57(27-19-15-11-7-3)49-67(73)68-50-58(36-42-74(68)86)28-20-16-12-8-4/h21-22,29-42,47-50H,5-20,23-28,43-46,51-54H2,1-4H3,(H,83,87)(H,84,88)(H,89,90)(H,91,92). The van der Waals surface area contributed by atoms with Gasteiger partial charge in [-0.15, -0.1) is 0 Å². The Morgan fingerprint density at radius 3 is 1.15 bits per heavy atom. The first kappa shape index (κ1) is 65.3. The van der Waals surface area contributed by atoms with Gasteiger partial charge in [-0.2, -0.15) is 0 Å². The smallest absolute Gasteiger partial charge is 0.307 e. The monoisotopic (exact) mass is 1230 g/mol. The van der Waals surface area contributed by atoms with Crippen molar-refractivity contribution in [2.45, 2.75) is 208 Å². The van der Waals surface area contributed by atoms with E-state index < -0.39 is 18.4 Å². The second-order valence-corrected chi connectivity index (χ2v) is 26.4. The molecule has 9 aromatic carbocycles. The molecule has 4 N–H and O–H groups in total. The molecule has 2 aromatic heterocycles. The molecule has 2 heterocycles. The number of fused-ring (bicyclic) bond motifs is 8. The molecule has 11 rings (SSSR count). The number of aromatic nitrogens is 2. The van der Waals surface area contributed by atoms with E-state index in [0.29, 0.717) is 66.7 Å². The van der Waals surface area contributed by atoms with E-state index in [1.807, 2.05) is 24.3 Å². The number of nitrogens with zero attached hydrogens (tertiary/aromatic N) is 2. The van der Waals surface area contributed by atoms with Crippen molar-refractivity contribution in [3.63, 3.8) is 0 Å². The lowest BCUT2D eigenvalue weighted by atomic mass is 9.79. The number of nitrogens with one attached hydrogen (secondary N) is 2. The molecule has 480 valence electrons. The Morgan fingerprint density at radius 2 is 0.739 bits per heavy atom. The predicted molar refractivity (Wildman–Crippen MR) is 383 cm³/mol. The highest BCUT2D eigenvalue weighted by atomic mass is 16.4. The van der Waals surface area contributed by atoms with Gasteiger partial charge in [0.2, 0.25) is 11.8 Å². The van der Waals surface area contributed by atoms with E-state index in [0.717, 1.165) is 63.4 Å². The second kappa shape index (κ2) is 30.9. The molecule has 0 unspecified atom stereocenters. The van der Waals surface area contributed by atoms with E-state index in [2.05, 4.69) is 138 Å². The molecule has 0 radical (unpaired) electrons. The maximum atomic E-state index is 15.0. The Morgan fingerprint density at radius 1 is 0.348 bits per heavy atom. The molecule has 0 saturated heterocycles. The van der Waals surface area contributed by atoms with Crippen LogP contribution in [0.5, 0.6) is 0 Å². The van der Waals surface area contributed by atoms with Crippen molar-refractivity contribution in [2.75, 3.05) is 13.1 Å². The van der Waals surface area contributed by atoms with Crippen LogP contribution in [0.2, 0.25) is 0 Å². The fourth-order valence-corrected chi connectivity index (χ4v) is 15.1. The highest BCUT2D eigenvalue weighted by Gasteiger charge is 2.28. The van der Waals surface area contributed by atoms with Crippen molar-refractivity contribution in [3.8, 4) is 0 Å². The topological polar surface area (TPSA) is 143 Å². The Balaban J connectivity index is 0.903. The summed E-state index contributed by atoms with van der Waals surface area (Å²) in [5, 5.41) is 39.6. The molecule has 11 aromatic rings. The van der Waals surface area contributed by atoms with Crippen LogP contribution in [-0.2, 0) is 83.6 Å². The molecule has 0 fully saturated rings. The zero-order valence-electron chi connectivity index (χ0n) is 55.2. The minimum absolute atomic E-state index is 0.117. The molecule has 0 aliphatic heterocycles. The third kappa shape index (κ3) is 14.7. The highest BCUT2D eigenvalue weighted by Crippen LogP contribution is 2.46. The average molecular weight is 1230 g/mol. The van der Waals surface area contributed by atoms with E-state index in [-0.39, 0.29) is 31.1 Å². The van der Waals surface area contributed by atoms with E-state index in [4.69, 9.17) is 0 Å². The molecule has 0 aliphatic rings. The van der Waals surface area contributed by atoms with Gasteiger partial charge in [-0.25, -0.2) is 0 Å². The van der Waals surface area contributed by atoms with Crippen molar-refractivity contribution in [1.82, 2.24) is 19.8 Å². The molecular formula is C82H96N4O6. The van der Waals surface area contributed by atoms with Gasteiger partial charge in [0.25, 0.3) is 0 Å². The lowest BCUT2D eigenvalue weighted by Crippen LogP contribution is -2.30. The number of hydrogen-bond donors (Lipinski definition) is 4. The Kier molecular flexibility index (Phi) is 21.9. The van der Waals surface area contributed by atoms with E-state index in [1.54, 1.807) is 6.07 Å². The molecule has 10 nitrogen and oxygen atoms in total. The minimum atomic E-state index is -1.11. The van der Waals surface area contributed by atoms with Crippen molar-refractivity contribution >= 4 is 110 Å². The van der Waals surface area contributed by atoms with Gasteiger partial charge in [0.15, 0.2) is 0 Å². The quantitative estimate of drug-likeness (QED) is 0.0175. The van der Waals surface area contributed by atoms with Crippen LogP contribution in [0.1, 0.15) is 188 Å². The number of rotatable bonds is 36. The molecule has 0 spiro atoms. The van der Waals surface area contributed by atoms with Crippen LogP contribution in [0.4, 0.5) is 0 Å². The normalized spacial score (nSPS) is 12.0. The molecule has 10 heteroatoms. The number of carbonyl (C=O) groups excluding carboxylic acids is 2. The summed E-state index contributed by atoms with van der Waals surface area (Å²) in [6.07, 6.45) is 23.9. The van der Waals surface area contributed by atoms with Crippen LogP contribution >= 0.6 is 0 Å². The van der Waals surface area contributed by atoms with E-state index in [1.165, 1.54) is 169 Å². The maximum absolute atomic E-state index is 15.0. The van der Waals surface area contributed by atoms with Crippen LogP contribution in [0.3, 0.4) is 0 Å². The number of carbonyl (C=O) groups is 4. The largest absolute Gasteiger partial charge is 0.481 e. The molecule has 0 atom stereocenters. The number of carboxylic acids is 2. The van der Waals surface area contributed by atoms with Gasteiger partial charge < -0.3 is 30.0 Å². The lowest BCUT2D eigenvalue weighted by Gasteiger charge is -2.25. The molecule has 92 heavy (non-hydrogen) atoms. The number of benzene rings is 9. The fraction of sp³-hybridized carbons (Fsp3) is 0.415. The fourth-order valence-electron chi connectivity index (χ4n) is 15.1. The van der Waals surface area contributed by atoms with Gasteiger partial charge in [0, 0.05) is 69.8 Å².